The van der Waals surface area contributed by atoms with Gasteiger partial charge in [-0.2, -0.15) is 5.26 Å². The molecule has 3 rings (SSSR count). The Balaban J connectivity index is 1.94. The first-order valence-electron chi connectivity index (χ1n) is 7.94. The lowest BCUT2D eigenvalue weighted by molar-refractivity contribution is 0.141. The fourth-order valence-corrected chi connectivity index (χ4v) is 3.59. The van der Waals surface area contributed by atoms with Crippen LogP contribution < -0.4 is 9.62 Å². The normalized spacial score (nSPS) is 20.9. The maximum absolute atomic E-state index is 15.1. The Labute approximate surface area is 149 Å². The molecular formula is C16H17F2N5O2S. The van der Waals surface area contributed by atoms with Crippen LogP contribution in [0.2, 0.25) is 0 Å². The molecule has 0 spiro atoms. The Morgan fingerprint density at radius 2 is 2.19 bits per heavy atom. The van der Waals surface area contributed by atoms with Gasteiger partial charge in [0.25, 0.3) is 0 Å². The predicted octanol–water partition coefficient (Wildman–Crippen LogP) is 1.50. The highest BCUT2D eigenvalue weighted by molar-refractivity contribution is 7.88. The van der Waals surface area contributed by atoms with E-state index < -0.39 is 21.5 Å². The van der Waals surface area contributed by atoms with E-state index in [-0.39, 0.29) is 25.1 Å². The lowest BCUT2D eigenvalue weighted by atomic mass is 9.94. The molecule has 2 heterocycles. The van der Waals surface area contributed by atoms with Crippen molar-refractivity contribution in [3.63, 3.8) is 0 Å². The average Bonchev–Trinajstić information content (AvgIpc) is 2.58. The summed E-state index contributed by atoms with van der Waals surface area (Å²) in [6.07, 6.45) is 2.95. The molecule has 7 nitrogen and oxygen atoms in total. The molecule has 0 aliphatic carbocycles. The van der Waals surface area contributed by atoms with Crippen LogP contribution in [0.15, 0.2) is 18.5 Å². The molecule has 1 aromatic heterocycles. The van der Waals surface area contributed by atoms with Crippen LogP contribution in [0, 0.1) is 17.1 Å². The molecule has 26 heavy (non-hydrogen) atoms. The van der Waals surface area contributed by atoms with Gasteiger partial charge in [0.05, 0.1) is 23.9 Å². The number of sulfonamides is 1. The minimum atomic E-state index is -3.50. The van der Waals surface area contributed by atoms with Gasteiger partial charge in [-0.05, 0) is 18.9 Å². The van der Waals surface area contributed by atoms with E-state index in [2.05, 4.69) is 14.7 Å². The van der Waals surface area contributed by atoms with Crippen molar-refractivity contribution in [3.8, 4) is 6.07 Å². The number of halogens is 2. The number of anilines is 1. The molecule has 0 amide bonds. The fraction of sp³-hybridized carbons (Fsp3) is 0.438. The zero-order valence-corrected chi connectivity index (χ0v) is 14.9. The first-order valence-corrected chi connectivity index (χ1v) is 9.83. The molecule has 0 bridgehead atoms. The number of hydrogen-bond acceptors (Lipinski definition) is 6. The van der Waals surface area contributed by atoms with Gasteiger partial charge in [0.2, 0.25) is 10.0 Å². The minimum Gasteiger partial charge on any atom is -0.353 e. The second-order valence-electron chi connectivity index (χ2n) is 6.43. The molecule has 0 saturated carbocycles. The van der Waals surface area contributed by atoms with Crippen LogP contribution in [0.5, 0.6) is 0 Å². The molecule has 1 aromatic carbocycles. The summed E-state index contributed by atoms with van der Waals surface area (Å²) >= 11 is 0. The van der Waals surface area contributed by atoms with Crippen molar-refractivity contribution in [2.45, 2.75) is 18.5 Å². The third kappa shape index (κ3) is 3.89. The lowest BCUT2D eigenvalue weighted by Crippen LogP contribution is -2.51. The summed E-state index contributed by atoms with van der Waals surface area (Å²) < 4.78 is 53.7. The van der Waals surface area contributed by atoms with Gasteiger partial charge in [0, 0.05) is 24.5 Å². The summed E-state index contributed by atoms with van der Waals surface area (Å²) in [4.78, 5) is 9.87. The number of hydrogen-bond donors (Lipinski definition) is 1. The second kappa shape index (κ2) is 6.74. The monoisotopic (exact) mass is 381 g/mol. The fourth-order valence-electron chi connectivity index (χ4n) is 3.07. The summed E-state index contributed by atoms with van der Waals surface area (Å²) in [6, 6.07) is 4.27. The van der Waals surface area contributed by atoms with Gasteiger partial charge in [-0.3, -0.25) is 0 Å². The number of rotatable bonds is 4. The van der Waals surface area contributed by atoms with Crippen LogP contribution >= 0.6 is 0 Å². The highest BCUT2D eigenvalue weighted by Gasteiger charge is 2.37. The molecule has 10 heteroatoms. The summed E-state index contributed by atoms with van der Waals surface area (Å²) in [6.45, 7) is 0.111. The predicted molar refractivity (Wildman–Crippen MR) is 92.3 cm³/mol. The maximum Gasteiger partial charge on any atom is 0.208 e. The summed E-state index contributed by atoms with van der Waals surface area (Å²) in [5.41, 5.74) is -1.58. The van der Waals surface area contributed by atoms with Crippen molar-refractivity contribution < 1.29 is 17.2 Å². The van der Waals surface area contributed by atoms with Gasteiger partial charge in [-0.15, -0.1) is 0 Å². The van der Waals surface area contributed by atoms with Gasteiger partial charge in [-0.25, -0.2) is 31.9 Å². The van der Waals surface area contributed by atoms with E-state index in [0.717, 1.165) is 12.3 Å². The SMILES string of the molecule is CS(=O)(=O)NCC1(F)CCCN(c2ncnc3cc(F)c(C#N)cc23)C1. The zero-order valence-electron chi connectivity index (χ0n) is 14.0. The van der Waals surface area contributed by atoms with Crippen LogP contribution in [0.25, 0.3) is 10.9 Å². The molecule has 1 aliphatic heterocycles. The largest absolute Gasteiger partial charge is 0.353 e. The van der Waals surface area contributed by atoms with E-state index >= 15 is 4.39 Å². The molecular weight excluding hydrogens is 364 g/mol. The highest BCUT2D eigenvalue weighted by Crippen LogP contribution is 2.32. The summed E-state index contributed by atoms with van der Waals surface area (Å²) in [7, 11) is -3.50. The van der Waals surface area contributed by atoms with E-state index in [1.54, 1.807) is 11.0 Å². The van der Waals surface area contributed by atoms with E-state index in [0.29, 0.717) is 29.7 Å². The van der Waals surface area contributed by atoms with Gasteiger partial charge < -0.3 is 4.90 Å². The number of aromatic nitrogens is 2. The number of nitrogens with one attached hydrogen (secondary N) is 1. The third-order valence-corrected chi connectivity index (χ3v) is 4.97. The number of alkyl halides is 1. The van der Waals surface area contributed by atoms with Gasteiger partial charge in [0.15, 0.2) is 0 Å². The van der Waals surface area contributed by atoms with Crippen molar-refractivity contribution in [3.05, 3.63) is 29.8 Å². The minimum absolute atomic E-state index is 0.0686. The van der Waals surface area contributed by atoms with Crippen LogP contribution in [0.4, 0.5) is 14.6 Å². The summed E-state index contributed by atoms with van der Waals surface area (Å²) in [5, 5.41) is 9.49. The number of nitriles is 1. The van der Waals surface area contributed by atoms with Crippen molar-refractivity contribution in [1.29, 1.82) is 5.26 Å². The molecule has 1 N–H and O–H groups in total. The first kappa shape index (κ1) is 18.4. The van der Waals surface area contributed by atoms with Crippen LogP contribution in [0.3, 0.4) is 0 Å². The summed E-state index contributed by atoms with van der Waals surface area (Å²) in [5.74, 6) is -0.284. The average molecular weight is 381 g/mol. The lowest BCUT2D eigenvalue weighted by Gasteiger charge is -2.38. The van der Waals surface area contributed by atoms with Gasteiger partial charge in [0.1, 0.15) is 29.7 Å². The van der Waals surface area contributed by atoms with Crippen LogP contribution in [-0.4, -0.2) is 49.9 Å². The molecule has 1 atom stereocenters. The Morgan fingerprint density at radius 3 is 2.88 bits per heavy atom. The molecule has 1 unspecified atom stereocenters. The molecule has 2 aromatic rings. The number of benzene rings is 1. The quantitative estimate of drug-likeness (QED) is 0.862. The Bertz CT molecular complexity index is 992. The van der Waals surface area contributed by atoms with E-state index in [1.165, 1.54) is 12.4 Å². The molecule has 1 saturated heterocycles. The van der Waals surface area contributed by atoms with Crippen molar-refractivity contribution >= 4 is 26.7 Å². The molecule has 0 radical (unpaired) electrons. The van der Waals surface area contributed by atoms with Gasteiger partial charge in [-0.1, -0.05) is 0 Å². The molecule has 1 fully saturated rings. The number of nitrogens with zero attached hydrogens (tertiary/aromatic N) is 4. The van der Waals surface area contributed by atoms with Crippen LogP contribution in [-0.2, 0) is 10.0 Å². The number of piperidine rings is 1. The van der Waals surface area contributed by atoms with Crippen molar-refractivity contribution in [2.75, 3.05) is 30.8 Å². The van der Waals surface area contributed by atoms with Crippen molar-refractivity contribution in [2.24, 2.45) is 0 Å². The van der Waals surface area contributed by atoms with Crippen LogP contribution in [0.1, 0.15) is 18.4 Å². The zero-order chi connectivity index (χ0) is 18.9. The third-order valence-electron chi connectivity index (χ3n) is 4.30. The van der Waals surface area contributed by atoms with E-state index in [1.807, 2.05) is 0 Å². The Kier molecular flexibility index (Phi) is 4.77. The topological polar surface area (TPSA) is 99.0 Å². The maximum atomic E-state index is 15.1. The number of fused-ring (bicyclic) bond motifs is 1. The highest BCUT2D eigenvalue weighted by atomic mass is 32.2. The first-order chi connectivity index (χ1) is 12.2. The molecule has 138 valence electrons. The standard InChI is InChI=1S/C16H17F2N5O2S/c1-26(24,25)22-8-16(18)3-2-4-23(9-16)15-12-5-11(7-19)13(17)6-14(12)20-10-21-15/h5-6,10,22H,2-4,8-9H2,1H3. The second-order valence-corrected chi connectivity index (χ2v) is 8.26. The van der Waals surface area contributed by atoms with Crippen molar-refractivity contribution in [1.82, 2.24) is 14.7 Å². The smallest absolute Gasteiger partial charge is 0.208 e. The van der Waals surface area contributed by atoms with E-state index in [9.17, 15) is 12.8 Å². The van der Waals surface area contributed by atoms with E-state index in [4.69, 9.17) is 5.26 Å². The Morgan fingerprint density at radius 1 is 1.42 bits per heavy atom. The Hall–Kier alpha value is -2.38. The molecule has 1 aliphatic rings. The van der Waals surface area contributed by atoms with Gasteiger partial charge >= 0.3 is 0 Å².